The van der Waals surface area contributed by atoms with Gasteiger partial charge in [0.15, 0.2) is 0 Å². The molecule has 2 rings (SSSR count). The summed E-state index contributed by atoms with van der Waals surface area (Å²) in [5.41, 5.74) is 8.89. The Kier molecular flexibility index (Phi) is 3.95. The van der Waals surface area contributed by atoms with Crippen LogP contribution in [0.5, 0.6) is 0 Å². The van der Waals surface area contributed by atoms with E-state index in [0.717, 1.165) is 41.9 Å². The molecule has 5 heteroatoms. The molecule has 0 atom stereocenters. The minimum Gasteiger partial charge on any atom is -0.397 e. The molecule has 2 aromatic rings. The number of nitrogens with zero attached hydrogens (tertiary/aromatic N) is 1. The molecule has 0 spiro atoms. The van der Waals surface area contributed by atoms with Crippen molar-refractivity contribution in [1.29, 1.82) is 0 Å². The normalized spacial score (nSPS) is 11.9. The number of rotatable bonds is 6. The van der Waals surface area contributed by atoms with Gasteiger partial charge >= 0.3 is 0 Å². The monoisotopic (exact) mass is 262 g/mol. The molecule has 0 radical (unpaired) electrons. The highest BCUT2D eigenvalue weighted by atomic mass is 16.5. The van der Waals surface area contributed by atoms with E-state index in [1.165, 1.54) is 0 Å². The van der Waals surface area contributed by atoms with Gasteiger partial charge in [0.1, 0.15) is 0 Å². The molecule has 0 saturated carbocycles. The number of nitrogens with one attached hydrogen (secondary N) is 2. The second kappa shape index (κ2) is 5.48. The number of nitrogen functional groups attached to an aromatic ring is 1. The molecule has 4 N–H and O–H groups in total. The fraction of sp³-hybridized carbons (Fsp3) is 0.500. The van der Waals surface area contributed by atoms with Gasteiger partial charge in [0.25, 0.3) is 0 Å². The van der Waals surface area contributed by atoms with Crippen LogP contribution < -0.4 is 11.1 Å². The molecule has 1 aromatic carbocycles. The molecule has 0 aliphatic rings. The zero-order chi connectivity index (χ0) is 13.9. The largest absolute Gasteiger partial charge is 0.397 e. The summed E-state index contributed by atoms with van der Waals surface area (Å²) in [6.07, 6.45) is 2.78. The van der Waals surface area contributed by atoms with Gasteiger partial charge in [-0.3, -0.25) is 5.10 Å². The smallest absolute Gasteiger partial charge is 0.0672 e. The van der Waals surface area contributed by atoms with E-state index in [9.17, 15) is 0 Å². The van der Waals surface area contributed by atoms with Crippen LogP contribution >= 0.6 is 0 Å². The molecule has 0 fully saturated rings. The van der Waals surface area contributed by atoms with E-state index in [1.807, 2.05) is 12.1 Å². The Hall–Kier alpha value is -1.75. The molecule has 0 saturated heterocycles. The number of nitrogens with two attached hydrogens (primary N) is 1. The van der Waals surface area contributed by atoms with E-state index >= 15 is 0 Å². The van der Waals surface area contributed by atoms with Crippen LogP contribution in [0.4, 0.5) is 11.4 Å². The number of hydrogen-bond donors (Lipinski definition) is 3. The lowest BCUT2D eigenvalue weighted by Gasteiger charge is -2.25. The second-order valence-corrected chi connectivity index (χ2v) is 5.66. The quantitative estimate of drug-likeness (QED) is 0.699. The Morgan fingerprint density at radius 2 is 2.21 bits per heavy atom. The number of aromatic amines is 1. The third kappa shape index (κ3) is 3.38. The SMILES string of the molecule is COCCC(C)(C)CNc1cc2[nH]ncc2cc1N. The van der Waals surface area contributed by atoms with Crippen molar-refractivity contribution in [2.24, 2.45) is 5.41 Å². The number of hydrogen-bond acceptors (Lipinski definition) is 4. The summed E-state index contributed by atoms with van der Waals surface area (Å²) >= 11 is 0. The fourth-order valence-corrected chi connectivity index (χ4v) is 1.96. The van der Waals surface area contributed by atoms with Crippen LogP contribution in [0, 0.1) is 5.41 Å². The summed E-state index contributed by atoms with van der Waals surface area (Å²) in [6.45, 7) is 6.04. The maximum absolute atomic E-state index is 6.05. The van der Waals surface area contributed by atoms with E-state index in [1.54, 1.807) is 13.3 Å². The molecule has 104 valence electrons. The molecule has 0 aliphatic heterocycles. The lowest BCUT2D eigenvalue weighted by molar-refractivity contribution is 0.157. The van der Waals surface area contributed by atoms with Gasteiger partial charge in [0.05, 0.1) is 23.1 Å². The molecule has 1 heterocycles. The maximum atomic E-state index is 6.05. The predicted octanol–water partition coefficient (Wildman–Crippen LogP) is 2.62. The average molecular weight is 262 g/mol. The first-order valence-corrected chi connectivity index (χ1v) is 6.47. The maximum Gasteiger partial charge on any atom is 0.0672 e. The first-order chi connectivity index (χ1) is 9.02. The highest BCUT2D eigenvalue weighted by Gasteiger charge is 2.17. The minimum atomic E-state index is 0.158. The van der Waals surface area contributed by atoms with Crippen LogP contribution in [0.25, 0.3) is 10.9 Å². The van der Waals surface area contributed by atoms with Gasteiger partial charge in [-0.15, -0.1) is 0 Å². The first kappa shape index (κ1) is 13.7. The standard InChI is InChI=1S/C14H22N4O/c1-14(2,4-5-19-3)9-16-13-7-12-10(6-11(13)15)8-17-18-12/h6-8,16H,4-5,9,15H2,1-3H3,(H,17,18). The highest BCUT2D eigenvalue weighted by Crippen LogP contribution is 2.27. The molecule has 19 heavy (non-hydrogen) atoms. The minimum absolute atomic E-state index is 0.158. The third-order valence-corrected chi connectivity index (χ3v) is 3.35. The topological polar surface area (TPSA) is 76.0 Å². The Morgan fingerprint density at radius 3 is 2.95 bits per heavy atom. The van der Waals surface area contributed by atoms with Crippen molar-refractivity contribution in [3.63, 3.8) is 0 Å². The molecule has 0 amide bonds. The Labute approximate surface area is 113 Å². The summed E-state index contributed by atoms with van der Waals surface area (Å²) in [7, 11) is 1.73. The zero-order valence-corrected chi connectivity index (χ0v) is 11.8. The number of aromatic nitrogens is 2. The van der Waals surface area contributed by atoms with Gasteiger partial charge in [-0.25, -0.2) is 0 Å². The van der Waals surface area contributed by atoms with Gasteiger partial charge in [-0.2, -0.15) is 5.10 Å². The number of H-pyrrole nitrogens is 1. The van der Waals surface area contributed by atoms with Crippen LogP contribution in [0.1, 0.15) is 20.3 Å². The van der Waals surface area contributed by atoms with E-state index < -0.39 is 0 Å². The lowest BCUT2D eigenvalue weighted by atomic mass is 9.89. The molecule has 5 nitrogen and oxygen atoms in total. The third-order valence-electron chi connectivity index (χ3n) is 3.35. The second-order valence-electron chi connectivity index (χ2n) is 5.66. The van der Waals surface area contributed by atoms with Gasteiger partial charge in [0.2, 0.25) is 0 Å². The van der Waals surface area contributed by atoms with Crippen molar-refractivity contribution in [2.75, 3.05) is 31.3 Å². The number of benzene rings is 1. The summed E-state index contributed by atoms with van der Waals surface area (Å²) in [5, 5.41) is 11.4. The van der Waals surface area contributed by atoms with Crippen molar-refractivity contribution in [2.45, 2.75) is 20.3 Å². The van der Waals surface area contributed by atoms with E-state index in [-0.39, 0.29) is 5.41 Å². The first-order valence-electron chi connectivity index (χ1n) is 6.47. The lowest BCUT2D eigenvalue weighted by Crippen LogP contribution is -2.25. The predicted molar refractivity (Wildman–Crippen MR) is 79.3 cm³/mol. The van der Waals surface area contributed by atoms with Crippen LogP contribution in [0.3, 0.4) is 0 Å². The van der Waals surface area contributed by atoms with E-state index in [4.69, 9.17) is 10.5 Å². The Morgan fingerprint density at radius 1 is 1.42 bits per heavy atom. The Balaban J connectivity index is 2.06. The van der Waals surface area contributed by atoms with E-state index in [0.29, 0.717) is 0 Å². The van der Waals surface area contributed by atoms with Gasteiger partial charge in [-0.1, -0.05) is 13.8 Å². The molecular formula is C14H22N4O. The number of ether oxygens (including phenoxy) is 1. The number of fused-ring (bicyclic) bond motifs is 1. The van der Waals surface area contributed by atoms with Gasteiger partial charge in [-0.05, 0) is 24.0 Å². The van der Waals surface area contributed by atoms with Crippen molar-refractivity contribution in [3.05, 3.63) is 18.3 Å². The molecule has 0 bridgehead atoms. The molecule has 0 aliphatic carbocycles. The fourth-order valence-electron chi connectivity index (χ4n) is 1.96. The van der Waals surface area contributed by atoms with E-state index in [2.05, 4.69) is 29.4 Å². The Bertz CT molecular complexity index is 547. The summed E-state index contributed by atoms with van der Waals surface area (Å²) in [4.78, 5) is 0. The van der Waals surface area contributed by atoms with Crippen molar-refractivity contribution >= 4 is 22.3 Å². The number of anilines is 2. The zero-order valence-electron chi connectivity index (χ0n) is 11.8. The van der Waals surface area contributed by atoms with Crippen LogP contribution in [0.15, 0.2) is 18.3 Å². The van der Waals surface area contributed by atoms with Crippen molar-refractivity contribution < 1.29 is 4.74 Å². The summed E-state index contributed by atoms with van der Waals surface area (Å²) in [6, 6.07) is 3.94. The van der Waals surface area contributed by atoms with Gasteiger partial charge in [0, 0.05) is 25.6 Å². The average Bonchev–Trinajstić information content (AvgIpc) is 2.80. The van der Waals surface area contributed by atoms with Gasteiger partial charge < -0.3 is 15.8 Å². The molecule has 0 unspecified atom stereocenters. The number of methoxy groups -OCH3 is 1. The van der Waals surface area contributed by atoms with Crippen LogP contribution in [-0.2, 0) is 4.74 Å². The van der Waals surface area contributed by atoms with Crippen LogP contribution in [0.2, 0.25) is 0 Å². The van der Waals surface area contributed by atoms with Crippen molar-refractivity contribution in [3.8, 4) is 0 Å². The molecule has 1 aromatic heterocycles. The summed E-state index contributed by atoms with van der Waals surface area (Å²) < 4.78 is 5.13. The highest BCUT2D eigenvalue weighted by molar-refractivity contribution is 5.88. The van der Waals surface area contributed by atoms with Crippen LogP contribution in [-0.4, -0.2) is 30.5 Å². The summed E-state index contributed by atoms with van der Waals surface area (Å²) in [5.74, 6) is 0. The molecular weight excluding hydrogens is 240 g/mol. The van der Waals surface area contributed by atoms with Crippen molar-refractivity contribution in [1.82, 2.24) is 10.2 Å².